The van der Waals surface area contributed by atoms with Crippen molar-refractivity contribution in [3.8, 4) is 33.5 Å². The van der Waals surface area contributed by atoms with Crippen molar-refractivity contribution in [1.29, 1.82) is 0 Å². The average molecular weight is 564 g/mol. The summed E-state index contributed by atoms with van der Waals surface area (Å²) < 4.78 is 2.64. The van der Waals surface area contributed by atoms with E-state index in [2.05, 4.69) is 152 Å². The summed E-state index contributed by atoms with van der Waals surface area (Å²) in [5.41, 5.74) is 7.98. The lowest BCUT2D eigenvalue weighted by Gasteiger charge is -2.15. The third-order valence-corrected chi connectivity index (χ3v) is 9.79. The Kier molecular flexibility index (Phi) is 5.44. The summed E-state index contributed by atoms with van der Waals surface area (Å²) in [4.78, 5) is 5.30. The minimum Gasteiger partial charge on any atom is -0.248 e. The number of hydrogen-bond donors (Lipinski definition) is 0. The Bertz CT molecular complexity index is 2510. The predicted molar refractivity (Wildman–Crippen MR) is 186 cm³/mol. The maximum Gasteiger partial charge on any atom is 0.0722 e. The molecule has 0 N–H and O–H groups in total. The number of benzene rings is 7. The molecule has 7 aromatic carbocycles. The Hall–Kier alpha value is -5.31. The van der Waals surface area contributed by atoms with Gasteiger partial charge < -0.3 is 0 Å². The van der Waals surface area contributed by atoms with E-state index in [4.69, 9.17) is 4.98 Å². The Labute approximate surface area is 253 Å². The maximum atomic E-state index is 5.30. The molecular weight excluding hydrogens is 539 g/mol. The van der Waals surface area contributed by atoms with Gasteiger partial charge in [-0.2, -0.15) is 0 Å². The lowest BCUT2D eigenvalue weighted by atomic mass is 9.91. The molecule has 0 saturated heterocycles. The fourth-order valence-corrected chi connectivity index (χ4v) is 7.79. The van der Waals surface area contributed by atoms with E-state index >= 15 is 0 Å². The fourth-order valence-electron chi connectivity index (χ4n) is 6.66. The minimum absolute atomic E-state index is 0.994. The van der Waals surface area contributed by atoms with Crippen LogP contribution in [0.3, 0.4) is 0 Å². The standard InChI is InChI=1S/C41H25NS/c1-2-11-26(12-3-1)27-13-10-14-28(23-27)34-25-38(42-37-19-8-6-17-32(34)37)35-24-36-31(29-15-4-5-16-30(29)35)21-22-40-41(36)33-18-7-9-20-39(33)43-40/h1-25H. The second kappa shape index (κ2) is 9.62. The zero-order valence-corrected chi connectivity index (χ0v) is 24.1. The van der Waals surface area contributed by atoms with Gasteiger partial charge in [0.2, 0.25) is 0 Å². The van der Waals surface area contributed by atoms with E-state index in [1.54, 1.807) is 0 Å². The quantitative estimate of drug-likeness (QED) is 0.195. The average Bonchev–Trinajstić information content (AvgIpc) is 3.47. The molecule has 0 bridgehead atoms. The lowest BCUT2D eigenvalue weighted by Crippen LogP contribution is -1.92. The van der Waals surface area contributed by atoms with Gasteiger partial charge in [0, 0.05) is 31.1 Å². The van der Waals surface area contributed by atoms with Crippen LogP contribution in [0.4, 0.5) is 0 Å². The van der Waals surface area contributed by atoms with Gasteiger partial charge in [0.05, 0.1) is 11.2 Å². The van der Waals surface area contributed by atoms with Crippen LogP contribution in [0.15, 0.2) is 152 Å². The van der Waals surface area contributed by atoms with E-state index in [9.17, 15) is 0 Å². The molecule has 9 aromatic rings. The van der Waals surface area contributed by atoms with Gasteiger partial charge in [-0.25, -0.2) is 4.98 Å². The second-order valence-electron chi connectivity index (χ2n) is 11.1. The largest absolute Gasteiger partial charge is 0.248 e. The number of nitrogens with zero attached hydrogens (tertiary/aromatic N) is 1. The Morgan fingerprint density at radius 1 is 0.372 bits per heavy atom. The van der Waals surface area contributed by atoms with Crippen molar-refractivity contribution in [3.05, 3.63) is 152 Å². The molecule has 0 radical (unpaired) electrons. The van der Waals surface area contributed by atoms with E-state index < -0.39 is 0 Å². The van der Waals surface area contributed by atoms with Crippen molar-refractivity contribution in [2.24, 2.45) is 0 Å². The van der Waals surface area contributed by atoms with E-state index in [1.165, 1.54) is 64.0 Å². The molecule has 43 heavy (non-hydrogen) atoms. The predicted octanol–water partition coefficient (Wildman–Crippen LogP) is 11.9. The second-order valence-corrected chi connectivity index (χ2v) is 12.2. The van der Waals surface area contributed by atoms with E-state index in [0.29, 0.717) is 0 Å². The third-order valence-electron chi connectivity index (χ3n) is 8.65. The van der Waals surface area contributed by atoms with Crippen LogP contribution in [-0.2, 0) is 0 Å². The summed E-state index contributed by atoms with van der Waals surface area (Å²) in [6, 6.07) is 54.8. The van der Waals surface area contributed by atoms with Gasteiger partial charge in [-0.05, 0) is 80.2 Å². The van der Waals surface area contributed by atoms with Crippen LogP contribution >= 0.6 is 11.3 Å². The first kappa shape index (κ1) is 24.3. The number of pyridine rings is 1. The van der Waals surface area contributed by atoms with Gasteiger partial charge in [0.1, 0.15) is 0 Å². The summed E-state index contributed by atoms with van der Waals surface area (Å²) in [5, 5.41) is 8.86. The van der Waals surface area contributed by atoms with Crippen LogP contribution in [0, 0.1) is 0 Å². The fraction of sp³-hybridized carbons (Fsp3) is 0. The monoisotopic (exact) mass is 563 g/mol. The van der Waals surface area contributed by atoms with Crippen LogP contribution < -0.4 is 0 Å². The van der Waals surface area contributed by atoms with Crippen molar-refractivity contribution >= 4 is 64.0 Å². The smallest absolute Gasteiger partial charge is 0.0722 e. The molecule has 0 atom stereocenters. The highest BCUT2D eigenvalue weighted by molar-refractivity contribution is 7.26. The first-order valence-electron chi connectivity index (χ1n) is 14.6. The number of fused-ring (bicyclic) bond motifs is 8. The molecular formula is C41H25NS. The van der Waals surface area contributed by atoms with Gasteiger partial charge in [-0.1, -0.05) is 115 Å². The number of para-hydroxylation sites is 1. The highest BCUT2D eigenvalue weighted by Crippen LogP contribution is 2.44. The van der Waals surface area contributed by atoms with E-state index in [0.717, 1.165) is 22.2 Å². The van der Waals surface area contributed by atoms with Crippen LogP contribution in [0.2, 0.25) is 0 Å². The zero-order chi connectivity index (χ0) is 28.3. The van der Waals surface area contributed by atoms with Gasteiger partial charge in [-0.3, -0.25) is 0 Å². The van der Waals surface area contributed by atoms with Crippen molar-refractivity contribution in [3.63, 3.8) is 0 Å². The number of hydrogen-bond acceptors (Lipinski definition) is 2. The van der Waals surface area contributed by atoms with E-state index in [-0.39, 0.29) is 0 Å². The molecule has 1 nitrogen and oxygen atoms in total. The normalized spacial score (nSPS) is 11.7. The summed E-state index contributed by atoms with van der Waals surface area (Å²) in [6.07, 6.45) is 0. The molecule has 2 heteroatoms. The molecule has 2 heterocycles. The van der Waals surface area contributed by atoms with Crippen molar-refractivity contribution < 1.29 is 0 Å². The van der Waals surface area contributed by atoms with Gasteiger partial charge in [0.25, 0.3) is 0 Å². The molecule has 0 unspecified atom stereocenters. The number of rotatable bonds is 3. The van der Waals surface area contributed by atoms with E-state index in [1.807, 2.05) is 11.3 Å². The zero-order valence-electron chi connectivity index (χ0n) is 23.3. The minimum atomic E-state index is 0.994. The molecule has 2 aromatic heterocycles. The number of thiophene rings is 1. The molecule has 0 aliphatic rings. The lowest BCUT2D eigenvalue weighted by molar-refractivity contribution is 1.41. The SMILES string of the molecule is c1ccc(-c2cccc(-c3cc(-c4cc5c(ccc6sc7ccccc7c65)c5ccccc45)nc4ccccc34)c2)cc1. The highest BCUT2D eigenvalue weighted by atomic mass is 32.1. The Morgan fingerprint density at radius 2 is 1.05 bits per heavy atom. The van der Waals surface area contributed by atoms with Gasteiger partial charge >= 0.3 is 0 Å². The summed E-state index contributed by atoms with van der Waals surface area (Å²) in [6.45, 7) is 0. The molecule has 0 spiro atoms. The van der Waals surface area contributed by atoms with Gasteiger partial charge in [0.15, 0.2) is 0 Å². The summed E-state index contributed by atoms with van der Waals surface area (Å²) in [7, 11) is 0. The molecule has 0 saturated carbocycles. The molecule has 0 aliphatic carbocycles. The van der Waals surface area contributed by atoms with Crippen LogP contribution in [0.5, 0.6) is 0 Å². The molecule has 0 fully saturated rings. The van der Waals surface area contributed by atoms with Gasteiger partial charge in [-0.15, -0.1) is 11.3 Å². The first-order chi connectivity index (χ1) is 21.3. The Morgan fingerprint density at radius 3 is 1.93 bits per heavy atom. The Balaban J connectivity index is 1.36. The molecule has 200 valence electrons. The molecule has 9 rings (SSSR count). The number of aromatic nitrogens is 1. The summed E-state index contributed by atoms with van der Waals surface area (Å²) >= 11 is 1.87. The van der Waals surface area contributed by atoms with Crippen molar-refractivity contribution in [2.45, 2.75) is 0 Å². The highest BCUT2D eigenvalue weighted by Gasteiger charge is 2.17. The molecule has 0 aliphatic heterocycles. The third kappa shape index (κ3) is 3.88. The molecule has 0 amide bonds. The summed E-state index contributed by atoms with van der Waals surface area (Å²) in [5.74, 6) is 0. The van der Waals surface area contributed by atoms with Crippen LogP contribution in [0.25, 0.3) is 86.1 Å². The topological polar surface area (TPSA) is 12.9 Å². The van der Waals surface area contributed by atoms with Crippen LogP contribution in [0.1, 0.15) is 0 Å². The van der Waals surface area contributed by atoms with Crippen molar-refractivity contribution in [1.82, 2.24) is 4.98 Å². The van der Waals surface area contributed by atoms with Crippen molar-refractivity contribution in [2.75, 3.05) is 0 Å². The first-order valence-corrected chi connectivity index (χ1v) is 15.5. The van der Waals surface area contributed by atoms with Crippen LogP contribution in [-0.4, -0.2) is 4.98 Å². The maximum absolute atomic E-state index is 5.30.